The first-order valence-corrected chi connectivity index (χ1v) is 18.6. The van der Waals surface area contributed by atoms with Crippen LogP contribution in [0, 0.1) is 50.2 Å². The lowest BCUT2D eigenvalue weighted by atomic mass is 9.33. The Hall–Kier alpha value is -2.61. The molecule has 0 spiro atoms. The van der Waals surface area contributed by atoms with Gasteiger partial charge in [0, 0.05) is 17.0 Å². The number of nitrogens with zero attached hydrogens (tertiary/aromatic N) is 1. The fraction of sp³-hybridized carbons (Fsp3) is 0.707. The van der Waals surface area contributed by atoms with Crippen LogP contribution in [-0.4, -0.2) is 22.3 Å². The van der Waals surface area contributed by atoms with Gasteiger partial charge >= 0.3 is 6.18 Å². The Morgan fingerprint density at radius 1 is 0.939 bits per heavy atom. The van der Waals surface area contributed by atoms with Crippen LogP contribution in [0.15, 0.2) is 46.5 Å². The maximum absolute atomic E-state index is 14.0. The van der Waals surface area contributed by atoms with Gasteiger partial charge in [-0.05, 0) is 121 Å². The number of rotatable bonds is 4. The number of halogens is 3. The first-order chi connectivity index (χ1) is 22.8. The number of aliphatic hydroxyl groups excluding tert-OH is 1. The minimum Gasteiger partial charge on any atom is -0.393 e. The zero-order chi connectivity index (χ0) is 35.4. The summed E-state index contributed by atoms with van der Waals surface area (Å²) in [6.45, 7) is 17.1. The minimum absolute atomic E-state index is 0.0193. The van der Waals surface area contributed by atoms with Crippen molar-refractivity contribution in [2.24, 2.45) is 50.2 Å². The first-order valence-electron chi connectivity index (χ1n) is 18.6. The molecule has 7 rings (SSSR count). The average Bonchev–Trinajstić information content (AvgIpc) is 3.52. The van der Waals surface area contributed by atoms with Crippen molar-refractivity contribution in [2.45, 2.75) is 131 Å². The summed E-state index contributed by atoms with van der Waals surface area (Å²) in [7, 11) is 0. The average molecular weight is 681 g/mol. The highest BCUT2D eigenvalue weighted by Crippen LogP contribution is 2.75. The number of aliphatic hydroxyl groups is 1. The van der Waals surface area contributed by atoms with E-state index in [-0.39, 0.29) is 45.6 Å². The molecule has 5 aliphatic carbocycles. The predicted octanol–water partition coefficient (Wildman–Crippen LogP) is 10.1. The third kappa shape index (κ3) is 5.18. The van der Waals surface area contributed by atoms with Crippen molar-refractivity contribution in [1.29, 1.82) is 0 Å². The highest BCUT2D eigenvalue weighted by Gasteiger charge is 2.68. The Morgan fingerprint density at radius 3 is 2.33 bits per heavy atom. The van der Waals surface area contributed by atoms with E-state index in [2.05, 4.69) is 65.0 Å². The summed E-state index contributed by atoms with van der Waals surface area (Å²) in [5.74, 6) is 1.93. The number of carbonyl (C=O) groups excluding carboxylic acids is 1. The molecular weight excluding hydrogens is 625 g/mol. The van der Waals surface area contributed by atoms with Crippen molar-refractivity contribution >= 4 is 5.91 Å². The number of aromatic nitrogens is 1. The number of hydrogen-bond acceptors (Lipinski definition) is 4. The number of allylic oxidation sites excluding steroid dienone is 2. The van der Waals surface area contributed by atoms with Crippen LogP contribution in [0.25, 0.3) is 11.3 Å². The number of nitrogens with one attached hydrogen (secondary N) is 1. The molecule has 1 aromatic heterocycles. The lowest BCUT2D eigenvalue weighted by Gasteiger charge is -2.71. The molecule has 1 heterocycles. The molecule has 0 saturated heterocycles. The van der Waals surface area contributed by atoms with Gasteiger partial charge in [-0.2, -0.15) is 13.2 Å². The number of amides is 1. The molecule has 49 heavy (non-hydrogen) atoms. The van der Waals surface area contributed by atoms with E-state index >= 15 is 0 Å². The van der Waals surface area contributed by atoms with E-state index in [1.54, 1.807) is 11.6 Å². The Balaban J connectivity index is 1.09. The molecule has 0 radical (unpaired) electrons. The quantitative estimate of drug-likeness (QED) is 0.315. The largest absolute Gasteiger partial charge is 0.416 e. The zero-order valence-corrected chi connectivity index (χ0v) is 30.4. The summed E-state index contributed by atoms with van der Waals surface area (Å²) in [5, 5.41) is 18.2. The zero-order valence-electron chi connectivity index (χ0n) is 30.4. The molecule has 2 N–H and O–H groups in total. The van der Waals surface area contributed by atoms with Gasteiger partial charge in [0.25, 0.3) is 0 Å². The van der Waals surface area contributed by atoms with Crippen LogP contribution >= 0.6 is 0 Å². The van der Waals surface area contributed by atoms with Gasteiger partial charge in [-0.15, -0.1) is 0 Å². The fourth-order valence-corrected chi connectivity index (χ4v) is 12.3. The molecule has 8 heteroatoms. The summed E-state index contributed by atoms with van der Waals surface area (Å²) >= 11 is 0. The summed E-state index contributed by atoms with van der Waals surface area (Å²) in [6, 6.07) is 6.53. The number of carbonyl (C=O) groups is 1. The number of hydrogen-bond donors (Lipinski definition) is 2. The maximum atomic E-state index is 14.0. The summed E-state index contributed by atoms with van der Waals surface area (Å²) < 4.78 is 44.5. The molecule has 1 amide bonds. The SMILES string of the molecule is CC1(C)C2CC[C@]3(C)[C@H](CC=C4[C@H]5C[C@@](C)(C(=O)NCc6cc(-c7ccc(C(F)(F)F)cc7)no6)CC[C@]5(C)CC[C@]43C)[C@@]2(C)CC[C@@H]1O. The molecule has 9 atom stereocenters. The molecule has 5 nitrogen and oxygen atoms in total. The second-order valence-electron chi connectivity index (χ2n) is 18.6. The van der Waals surface area contributed by atoms with Gasteiger partial charge < -0.3 is 14.9 Å². The predicted molar refractivity (Wildman–Crippen MR) is 184 cm³/mol. The van der Waals surface area contributed by atoms with Gasteiger partial charge in [-0.25, -0.2) is 0 Å². The highest BCUT2D eigenvalue weighted by atomic mass is 19.4. The third-order valence-corrected chi connectivity index (χ3v) is 15.9. The Kier molecular flexibility index (Phi) is 7.95. The topological polar surface area (TPSA) is 75.4 Å². The maximum Gasteiger partial charge on any atom is 0.416 e. The van der Waals surface area contributed by atoms with E-state index in [0.717, 1.165) is 50.7 Å². The van der Waals surface area contributed by atoms with Crippen LogP contribution in [0.4, 0.5) is 13.2 Å². The normalized spacial score (nSPS) is 41.4. The second-order valence-corrected chi connectivity index (χ2v) is 18.6. The van der Waals surface area contributed by atoms with Crippen LogP contribution in [-0.2, 0) is 17.5 Å². The van der Waals surface area contributed by atoms with Gasteiger partial charge in [0.05, 0.1) is 18.2 Å². The monoisotopic (exact) mass is 680 g/mol. The highest BCUT2D eigenvalue weighted by molar-refractivity contribution is 5.82. The molecule has 268 valence electrons. The molecule has 1 aromatic carbocycles. The van der Waals surface area contributed by atoms with E-state index in [4.69, 9.17) is 4.52 Å². The second kappa shape index (κ2) is 11.2. The summed E-state index contributed by atoms with van der Waals surface area (Å²) in [4.78, 5) is 14.0. The molecule has 2 aromatic rings. The van der Waals surface area contributed by atoms with Crippen LogP contribution in [0.1, 0.15) is 124 Å². The molecule has 0 bridgehead atoms. The Morgan fingerprint density at radius 2 is 1.63 bits per heavy atom. The van der Waals surface area contributed by atoms with Crippen molar-refractivity contribution in [3.05, 3.63) is 53.3 Å². The Bertz CT molecular complexity index is 1650. The Labute approximate surface area is 289 Å². The third-order valence-electron chi connectivity index (χ3n) is 15.9. The van der Waals surface area contributed by atoms with Crippen LogP contribution in [0.3, 0.4) is 0 Å². The smallest absolute Gasteiger partial charge is 0.393 e. The van der Waals surface area contributed by atoms with Crippen molar-refractivity contribution in [3.63, 3.8) is 0 Å². The first kappa shape index (κ1) is 34.8. The summed E-state index contributed by atoms with van der Waals surface area (Å²) in [6.07, 6.45) is 8.47. The van der Waals surface area contributed by atoms with E-state index in [1.807, 2.05) is 0 Å². The molecule has 1 unspecified atom stereocenters. The van der Waals surface area contributed by atoms with Crippen LogP contribution < -0.4 is 5.32 Å². The van der Waals surface area contributed by atoms with Crippen LogP contribution in [0.2, 0.25) is 0 Å². The lowest BCUT2D eigenvalue weighted by Crippen LogP contribution is -2.64. The van der Waals surface area contributed by atoms with Gasteiger partial charge in [-0.1, -0.05) is 77.4 Å². The van der Waals surface area contributed by atoms with Gasteiger partial charge in [0.1, 0.15) is 5.69 Å². The van der Waals surface area contributed by atoms with E-state index in [9.17, 15) is 23.1 Å². The van der Waals surface area contributed by atoms with Crippen molar-refractivity contribution in [2.75, 3.05) is 0 Å². The summed E-state index contributed by atoms with van der Waals surface area (Å²) in [5.41, 5.74) is 1.89. The number of benzene rings is 1. The molecule has 4 fully saturated rings. The molecule has 4 saturated carbocycles. The van der Waals surface area contributed by atoms with Crippen molar-refractivity contribution in [3.8, 4) is 11.3 Å². The molecule has 0 aliphatic heterocycles. The lowest BCUT2D eigenvalue weighted by molar-refractivity contribution is -0.203. The van der Waals surface area contributed by atoms with E-state index in [0.29, 0.717) is 34.8 Å². The van der Waals surface area contributed by atoms with Crippen LogP contribution in [0.5, 0.6) is 0 Å². The van der Waals surface area contributed by atoms with Gasteiger partial charge in [0.15, 0.2) is 5.76 Å². The molecular formula is C41H55F3N2O3. The standard InChI is InChI=1S/C41H55F3N2O3/c1-35(2)31-14-17-40(7)32(38(31,5)16-15-33(35)47)13-12-28-29-23-37(4,19-18-36(29,3)20-21-39(28,40)6)34(48)45-24-27-22-30(46-49-27)25-8-10-26(11-9-25)41(42,43)44/h8-12,22,29,31-33,47H,13-21,23-24H2,1-7H3,(H,45,48)/t29-,31?,32-,33+,36-,37+,38+,39-,40-/m1/s1. The van der Waals surface area contributed by atoms with Gasteiger partial charge in [0.2, 0.25) is 5.91 Å². The van der Waals surface area contributed by atoms with Crippen molar-refractivity contribution in [1.82, 2.24) is 10.5 Å². The van der Waals surface area contributed by atoms with E-state index < -0.39 is 17.2 Å². The molecule has 5 aliphatic rings. The van der Waals surface area contributed by atoms with E-state index in [1.165, 1.54) is 37.8 Å². The fourth-order valence-electron chi connectivity index (χ4n) is 12.3. The number of fused-ring (bicyclic) bond motifs is 7. The van der Waals surface area contributed by atoms with Crippen molar-refractivity contribution < 1.29 is 27.6 Å². The number of alkyl halides is 3. The van der Waals surface area contributed by atoms with Gasteiger partial charge in [-0.3, -0.25) is 4.79 Å². The minimum atomic E-state index is -4.40.